The van der Waals surface area contributed by atoms with Gasteiger partial charge in [-0.2, -0.15) is 4.39 Å². The maximum atomic E-state index is 14.4. The lowest BCUT2D eigenvalue weighted by atomic mass is 9.75. The molecule has 0 atom stereocenters. The summed E-state index contributed by atoms with van der Waals surface area (Å²) in [6, 6.07) is 0. The lowest BCUT2D eigenvalue weighted by Gasteiger charge is -2.30. The fraction of sp³-hybridized carbons (Fsp3) is 0.565. The average molecular weight is 363 g/mol. The quantitative estimate of drug-likeness (QED) is 0.305. The molecule has 1 nitrogen and oxygen atoms in total. The second-order valence-corrected chi connectivity index (χ2v) is 7.42. The standard InChI is InChI=1S/C23H32F2O/c1-4-7-8-9-17-10-12-19(13-11-17)20-15-18(6-3)23(26-14-5-2)22(25)21(24)16-20/h5-6,15,17,19H,2-4,7-14,16H2,1H3. The summed E-state index contributed by atoms with van der Waals surface area (Å²) in [6.07, 6.45) is 14.7. The first kappa shape index (κ1) is 20.7. The van der Waals surface area contributed by atoms with Crippen LogP contribution in [-0.2, 0) is 4.74 Å². The van der Waals surface area contributed by atoms with Crippen LogP contribution < -0.4 is 0 Å². The van der Waals surface area contributed by atoms with Gasteiger partial charge in [-0.25, -0.2) is 4.39 Å². The number of halogens is 2. The highest BCUT2D eigenvalue weighted by Gasteiger charge is 2.28. The maximum Gasteiger partial charge on any atom is 0.197 e. The monoisotopic (exact) mass is 362 g/mol. The lowest BCUT2D eigenvalue weighted by Crippen LogP contribution is -2.16. The van der Waals surface area contributed by atoms with Crippen molar-refractivity contribution in [3.63, 3.8) is 0 Å². The lowest BCUT2D eigenvalue weighted by molar-refractivity contribution is 0.237. The SMILES string of the molecule is C=CCOC1=C(C=C)C=C(C2CCC(CCCCC)CC2)CC(F)=C1F. The Morgan fingerprint density at radius 1 is 1.15 bits per heavy atom. The van der Waals surface area contributed by atoms with Gasteiger partial charge in [-0.1, -0.05) is 69.6 Å². The molecule has 3 heteroatoms. The smallest absolute Gasteiger partial charge is 0.197 e. The van der Waals surface area contributed by atoms with Crippen molar-refractivity contribution in [1.82, 2.24) is 0 Å². The Labute approximate surface area is 157 Å². The van der Waals surface area contributed by atoms with E-state index in [9.17, 15) is 8.78 Å². The Balaban J connectivity index is 2.10. The highest BCUT2D eigenvalue weighted by molar-refractivity contribution is 5.46. The largest absolute Gasteiger partial charge is 0.486 e. The normalized spacial score (nSPS) is 24.2. The van der Waals surface area contributed by atoms with Crippen molar-refractivity contribution in [1.29, 1.82) is 0 Å². The minimum absolute atomic E-state index is 0.0370. The van der Waals surface area contributed by atoms with Gasteiger partial charge in [0.1, 0.15) is 12.4 Å². The average Bonchev–Trinajstić information content (AvgIpc) is 2.78. The van der Waals surface area contributed by atoms with Crippen LogP contribution in [0.3, 0.4) is 0 Å². The van der Waals surface area contributed by atoms with Crippen molar-refractivity contribution in [2.24, 2.45) is 11.8 Å². The fourth-order valence-corrected chi connectivity index (χ4v) is 4.03. The van der Waals surface area contributed by atoms with Crippen molar-refractivity contribution in [2.45, 2.75) is 64.7 Å². The number of hydrogen-bond acceptors (Lipinski definition) is 1. The molecule has 0 aromatic carbocycles. The maximum absolute atomic E-state index is 14.4. The first-order valence-corrected chi connectivity index (χ1v) is 9.96. The van der Waals surface area contributed by atoms with Gasteiger partial charge >= 0.3 is 0 Å². The Kier molecular flexibility index (Phi) is 8.34. The van der Waals surface area contributed by atoms with Gasteiger partial charge in [0.15, 0.2) is 11.6 Å². The van der Waals surface area contributed by atoms with E-state index >= 15 is 0 Å². The summed E-state index contributed by atoms with van der Waals surface area (Å²) in [5, 5.41) is 0. The zero-order valence-corrected chi connectivity index (χ0v) is 16.0. The number of ether oxygens (including phenoxy) is 1. The van der Waals surface area contributed by atoms with Crippen LogP contribution in [-0.4, -0.2) is 6.61 Å². The molecule has 0 amide bonds. The van der Waals surface area contributed by atoms with Crippen LogP contribution in [0.4, 0.5) is 8.78 Å². The topological polar surface area (TPSA) is 9.23 Å². The third-order valence-corrected chi connectivity index (χ3v) is 5.55. The molecule has 0 radical (unpaired) electrons. The Morgan fingerprint density at radius 2 is 1.88 bits per heavy atom. The molecule has 0 bridgehead atoms. The summed E-state index contributed by atoms with van der Waals surface area (Å²) >= 11 is 0. The molecule has 0 N–H and O–H groups in total. The molecule has 2 aliphatic carbocycles. The number of rotatable bonds is 9. The van der Waals surface area contributed by atoms with Gasteiger partial charge in [0.25, 0.3) is 0 Å². The Bertz CT molecular complexity index is 589. The summed E-state index contributed by atoms with van der Waals surface area (Å²) in [7, 11) is 0. The molecule has 0 unspecified atom stereocenters. The summed E-state index contributed by atoms with van der Waals surface area (Å²) < 4.78 is 34.2. The van der Waals surface area contributed by atoms with E-state index in [0.717, 1.165) is 24.3 Å². The molecule has 2 aliphatic rings. The number of hydrogen-bond donors (Lipinski definition) is 0. The molecule has 1 fully saturated rings. The van der Waals surface area contributed by atoms with Crippen LogP contribution in [0.2, 0.25) is 0 Å². The second-order valence-electron chi connectivity index (χ2n) is 7.42. The molecule has 0 heterocycles. The molecular formula is C23H32F2O. The molecule has 0 saturated heterocycles. The van der Waals surface area contributed by atoms with Gasteiger partial charge in [-0.05, 0) is 37.5 Å². The molecular weight excluding hydrogens is 330 g/mol. The van der Waals surface area contributed by atoms with Gasteiger partial charge in [-0.3, -0.25) is 0 Å². The van der Waals surface area contributed by atoms with Crippen LogP contribution in [0.1, 0.15) is 64.7 Å². The predicted molar refractivity (Wildman–Crippen MR) is 105 cm³/mol. The van der Waals surface area contributed by atoms with Gasteiger partial charge < -0.3 is 4.74 Å². The van der Waals surface area contributed by atoms with Crippen LogP contribution in [0.15, 0.2) is 59.9 Å². The third kappa shape index (κ3) is 5.43. The summed E-state index contributed by atoms with van der Waals surface area (Å²) in [6.45, 7) is 9.69. The van der Waals surface area contributed by atoms with Crippen LogP contribution in [0, 0.1) is 11.8 Å². The molecule has 26 heavy (non-hydrogen) atoms. The highest BCUT2D eigenvalue weighted by Crippen LogP contribution is 2.41. The van der Waals surface area contributed by atoms with Gasteiger partial charge in [0.05, 0.1) is 0 Å². The molecule has 144 valence electrons. The molecule has 0 aliphatic heterocycles. The van der Waals surface area contributed by atoms with Crippen molar-refractivity contribution in [3.05, 3.63) is 59.9 Å². The van der Waals surface area contributed by atoms with Crippen molar-refractivity contribution in [2.75, 3.05) is 6.61 Å². The van der Waals surface area contributed by atoms with Crippen molar-refractivity contribution < 1.29 is 13.5 Å². The van der Waals surface area contributed by atoms with E-state index < -0.39 is 11.7 Å². The van der Waals surface area contributed by atoms with E-state index in [1.165, 1.54) is 44.6 Å². The molecule has 0 aromatic rings. The summed E-state index contributed by atoms with van der Waals surface area (Å²) in [4.78, 5) is 0. The van der Waals surface area contributed by atoms with Gasteiger partial charge in [-0.15, -0.1) is 0 Å². The zero-order chi connectivity index (χ0) is 18.9. The highest BCUT2D eigenvalue weighted by atomic mass is 19.2. The van der Waals surface area contributed by atoms with E-state index in [0.29, 0.717) is 11.5 Å². The minimum Gasteiger partial charge on any atom is -0.486 e. The van der Waals surface area contributed by atoms with Gasteiger partial charge in [0.2, 0.25) is 0 Å². The van der Waals surface area contributed by atoms with Crippen molar-refractivity contribution in [3.8, 4) is 0 Å². The van der Waals surface area contributed by atoms with Crippen molar-refractivity contribution >= 4 is 0 Å². The van der Waals surface area contributed by atoms with Gasteiger partial charge in [0, 0.05) is 12.0 Å². The molecule has 2 rings (SSSR count). The Morgan fingerprint density at radius 3 is 2.50 bits per heavy atom. The predicted octanol–water partition coefficient (Wildman–Crippen LogP) is 7.50. The zero-order valence-electron chi connectivity index (χ0n) is 16.0. The molecule has 0 spiro atoms. The minimum atomic E-state index is -0.902. The first-order valence-electron chi connectivity index (χ1n) is 9.96. The number of allylic oxidation sites excluding steroid dienone is 6. The molecule has 1 saturated carbocycles. The Hall–Kier alpha value is -1.64. The third-order valence-electron chi connectivity index (χ3n) is 5.55. The summed E-state index contributed by atoms with van der Waals surface area (Å²) in [5.74, 6) is -0.578. The first-order chi connectivity index (χ1) is 12.6. The van der Waals surface area contributed by atoms with E-state index in [2.05, 4.69) is 20.1 Å². The van der Waals surface area contributed by atoms with Crippen LogP contribution in [0.25, 0.3) is 0 Å². The van der Waals surface area contributed by atoms with Crippen LogP contribution >= 0.6 is 0 Å². The molecule has 0 aromatic heterocycles. The second kappa shape index (κ2) is 10.5. The van der Waals surface area contributed by atoms with E-state index in [1.807, 2.05) is 6.08 Å². The fourth-order valence-electron chi connectivity index (χ4n) is 4.03. The summed E-state index contributed by atoms with van der Waals surface area (Å²) in [5.41, 5.74) is 1.49. The van der Waals surface area contributed by atoms with E-state index in [1.54, 1.807) is 6.08 Å². The number of unbranched alkanes of at least 4 members (excludes halogenated alkanes) is 2. The van der Waals surface area contributed by atoms with Crippen LogP contribution in [0.5, 0.6) is 0 Å². The van der Waals surface area contributed by atoms with E-state index in [4.69, 9.17) is 4.74 Å². The van der Waals surface area contributed by atoms with E-state index in [-0.39, 0.29) is 18.8 Å².